The molecule has 2 heterocycles. The largest absolute Gasteiger partial charge is 0.382 e. The van der Waals surface area contributed by atoms with Crippen molar-refractivity contribution in [2.45, 2.75) is 19.3 Å². The van der Waals surface area contributed by atoms with E-state index in [0.29, 0.717) is 42.4 Å². The van der Waals surface area contributed by atoms with Crippen LogP contribution in [0.25, 0.3) is 5.69 Å². The molecule has 0 aliphatic carbocycles. The normalized spacial score (nSPS) is 11.2. The van der Waals surface area contributed by atoms with Gasteiger partial charge in [0, 0.05) is 38.4 Å². The fourth-order valence-corrected chi connectivity index (χ4v) is 3.09. The molecule has 0 atom stereocenters. The van der Waals surface area contributed by atoms with Crippen LogP contribution in [0.5, 0.6) is 0 Å². The lowest BCUT2D eigenvalue weighted by molar-refractivity contribution is 0.627. The van der Waals surface area contributed by atoms with Crippen molar-refractivity contribution in [3.63, 3.8) is 0 Å². The molecule has 3 rings (SSSR count). The molecule has 0 fully saturated rings. The lowest BCUT2D eigenvalue weighted by Gasteiger charge is -2.11. The van der Waals surface area contributed by atoms with Crippen molar-refractivity contribution >= 4 is 11.8 Å². The Bertz CT molecular complexity index is 1050. The number of nitriles is 1. The van der Waals surface area contributed by atoms with Gasteiger partial charge in [0.25, 0.3) is 0 Å². The zero-order chi connectivity index (χ0) is 22.1. The number of nitrogen functional groups attached to an aromatic ring is 1. The number of rotatable bonds is 8. The van der Waals surface area contributed by atoms with Crippen molar-refractivity contribution in [1.29, 1.82) is 5.26 Å². The zero-order valence-corrected chi connectivity index (χ0v) is 17.3. The molecule has 1 aromatic carbocycles. The van der Waals surface area contributed by atoms with Gasteiger partial charge in [-0.05, 0) is 49.2 Å². The average Bonchev–Trinajstić information content (AvgIpc) is 3.11. The first kappa shape index (κ1) is 21.8. The van der Waals surface area contributed by atoms with Gasteiger partial charge in [-0.2, -0.15) is 10.4 Å². The molecule has 8 nitrogen and oxygen atoms in total. The summed E-state index contributed by atoms with van der Waals surface area (Å²) in [6.45, 7) is 1.37. The molecular weight excluding hydrogens is 395 g/mol. The van der Waals surface area contributed by atoms with Gasteiger partial charge in [-0.1, -0.05) is 6.07 Å². The van der Waals surface area contributed by atoms with Crippen molar-refractivity contribution < 1.29 is 4.39 Å². The highest BCUT2D eigenvalue weighted by molar-refractivity contribution is 5.79. The predicted octanol–water partition coefficient (Wildman–Crippen LogP) is 2.20. The summed E-state index contributed by atoms with van der Waals surface area (Å²) in [6, 6.07) is 13.8. The molecule has 31 heavy (non-hydrogen) atoms. The van der Waals surface area contributed by atoms with E-state index >= 15 is 0 Å². The van der Waals surface area contributed by atoms with Crippen LogP contribution in [0.2, 0.25) is 0 Å². The van der Waals surface area contributed by atoms with Gasteiger partial charge in [0.1, 0.15) is 23.3 Å². The van der Waals surface area contributed by atoms with Crippen LogP contribution >= 0.6 is 0 Å². The van der Waals surface area contributed by atoms with Gasteiger partial charge >= 0.3 is 0 Å². The van der Waals surface area contributed by atoms with E-state index in [-0.39, 0.29) is 11.6 Å². The van der Waals surface area contributed by atoms with Crippen LogP contribution in [0.15, 0.2) is 53.7 Å². The van der Waals surface area contributed by atoms with E-state index in [4.69, 9.17) is 5.73 Å². The lowest BCUT2D eigenvalue weighted by Crippen LogP contribution is -2.38. The van der Waals surface area contributed by atoms with Gasteiger partial charge in [-0.15, -0.1) is 0 Å². The number of benzene rings is 1. The second-order valence-electron chi connectivity index (χ2n) is 6.81. The molecule has 4 N–H and O–H groups in total. The third kappa shape index (κ3) is 5.79. The molecule has 0 unspecified atom stereocenters. The zero-order valence-electron chi connectivity index (χ0n) is 17.3. The van der Waals surface area contributed by atoms with Gasteiger partial charge in [-0.25, -0.2) is 9.07 Å². The van der Waals surface area contributed by atoms with Crippen molar-refractivity contribution in [2.24, 2.45) is 4.99 Å². The molecule has 0 spiro atoms. The Morgan fingerprint density at radius 1 is 1.16 bits per heavy atom. The highest BCUT2D eigenvalue weighted by atomic mass is 19.1. The standard InChI is InChI=1S/C22H25FN8/c1-26-22(29-14-11-17-5-2-3-12-27-17)28-13-4-6-20-19(15-24)21(25)31(30-20)18-9-7-16(23)8-10-18/h2-3,5,7-10,12H,4,6,11,13-14,25H2,1H3,(H2,26,28,29). The Balaban J connectivity index is 1.51. The number of nitrogens with zero attached hydrogens (tertiary/aromatic N) is 5. The van der Waals surface area contributed by atoms with Gasteiger partial charge in [0.2, 0.25) is 0 Å². The fraction of sp³-hybridized carbons (Fsp3) is 0.273. The molecular formula is C22H25FN8. The van der Waals surface area contributed by atoms with Crippen LogP contribution in [0, 0.1) is 17.1 Å². The molecule has 0 radical (unpaired) electrons. The first-order valence-electron chi connectivity index (χ1n) is 10.00. The smallest absolute Gasteiger partial charge is 0.190 e. The van der Waals surface area contributed by atoms with E-state index in [1.807, 2.05) is 18.2 Å². The van der Waals surface area contributed by atoms with E-state index in [9.17, 15) is 9.65 Å². The highest BCUT2D eigenvalue weighted by Gasteiger charge is 2.16. The molecule has 0 bridgehead atoms. The summed E-state index contributed by atoms with van der Waals surface area (Å²) >= 11 is 0. The summed E-state index contributed by atoms with van der Waals surface area (Å²) in [4.78, 5) is 8.51. The van der Waals surface area contributed by atoms with Crippen LogP contribution in [-0.4, -0.2) is 40.9 Å². The van der Waals surface area contributed by atoms with Gasteiger partial charge in [-0.3, -0.25) is 9.98 Å². The Kier molecular flexibility index (Phi) is 7.54. The molecule has 0 saturated heterocycles. The molecule has 0 amide bonds. The monoisotopic (exact) mass is 420 g/mol. The molecule has 3 aromatic rings. The molecule has 2 aromatic heterocycles. The Morgan fingerprint density at radius 2 is 1.94 bits per heavy atom. The number of nitrogens with two attached hydrogens (primary N) is 1. The summed E-state index contributed by atoms with van der Waals surface area (Å²) < 4.78 is 14.7. The maximum absolute atomic E-state index is 13.2. The number of pyridine rings is 1. The number of halogens is 1. The maximum atomic E-state index is 13.2. The van der Waals surface area contributed by atoms with Gasteiger partial charge in [0.15, 0.2) is 5.96 Å². The number of guanidine groups is 1. The Morgan fingerprint density at radius 3 is 2.61 bits per heavy atom. The molecule has 9 heteroatoms. The maximum Gasteiger partial charge on any atom is 0.190 e. The second-order valence-corrected chi connectivity index (χ2v) is 6.81. The van der Waals surface area contributed by atoms with E-state index in [1.165, 1.54) is 16.8 Å². The van der Waals surface area contributed by atoms with Crippen LogP contribution in [0.4, 0.5) is 10.2 Å². The number of aliphatic imine (C=N–C) groups is 1. The number of hydrogen-bond donors (Lipinski definition) is 3. The number of nitrogens with one attached hydrogen (secondary N) is 2. The van der Waals surface area contributed by atoms with Gasteiger partial charge in [0.05, 0.1) is 11.4 Å². The number of aromatic nitrogens is 3. The number of aryl methyl sites for hydroxylation is 1. The highest BCUT2D eigenvalue weighted by Crippen LogP contribution is 2.21. The molecule has 0 aliphatic rings. The van der Waals surface area contributed by atoms with E-state index < -0.39 is 0 Å². The summed E-state index contributed by atoms with van der Waals surface area (Å²) in [5.74, 6) is 0.611. The third-order valence-electron chi connectivity index (χ3n) is 4.68. The first-order valence-corrected chi connectivity index (χ1v) is 10.00. The van der Waals surface area contributed by atoms with Crippen LogP contribution in [0.3, 0.4) is 0 Å². The average molecular weight is 420 g/mol. The van der Waals surface area contributed by atoms with E-state index in [1.54, 1.807) is 25.4 Å². The van der Waals surface area contributed by atoms with Gasteiger partial charge < -0.3 is 16.4 Å². The summed E-state index contributed by atoms with van der Waals surface area (Å²) in [5, 5.41) is 20.5. The van der Waals surface area contributed by atoms with Crippen LogP contribution < -0.4 is 16.4 Å². The van der Waals surface area contributed by atoms with Crippen molar-refractivity contribution in [2.75, 3.05) is 25.9 Å². The minimum absolute atomic E-state index is 0.254. The van der Waals surface area contributed by atoms with E-state index in [2.05, 4.69) is 31.8 Å². The number of hydrogen-bond acceptors (Lipinski definition) is 5. The molecule has 0 aliphatic heterocycles. The Labute approximate surface area is 180 Å². The predicted molar refractivity (Wildman–Crippen MR) is 118 cm³/mol. The second kappa shape index (κ2) is 10.7. The van der Waals surface area contributed by atoms with E-state index in [0.717, 1.165) is 18.5 Å². The summed E-state index contributed by atoms with van der Waals surface area (Å²) in [5.41, 5.74) is 8.69. The molecule has 0 saturated carbocycles. The quantitative estimate of drug-likeness (QED) is 0.292. The van der Waals surface area contributed by atoms with Crippen molar-refractivity contribution in [1.82, 2.24) is 25.4 Å². The minimum atomic E-state index is -0.344. The Hall–Kier alpha value is -3.93. The fourth-order valence-electron chi connectivity index (χ4n) is 3.09. The SMILES string of the molecule is CN=C(NCCCc1nn(-c2ccc(F)cc2)c(N)c1C#N)NCCc1ccccn1. The molecule has 160 valence electrons. The van der Waals surface area contributed by atoms with Crippen molar-refractivity contribution in [3.05, 3.63) is 71.4 Å². The van der Waals surface area contributed by atoms with Crippen LogP contribution in [0.1, 0.15) is 23.4 Å². The third-order valence-corrected chi connectivity index (χ3v) is 4.68. The minimum Gasteiger partial charge on any atom is -0.382 e. The summed E-state index contributed by atoms with van der Waals surface area (Å²) in [6.07, 6.45) is 3.88. The topological polar surface area (TPSA) is 117 Å². The van der Waals surface area contributed by atoms with Crippen molar-refractivity contribution in [3.8, 4) is 11.8 Å². The van der Waals surface area contributed by atoms with Crippen LogP contribution in [-0.2, 0) is 12.8 Å². The first-order chi connectivity index (χ1) is 15.1. The number of anilines is 1. The summed E-state index contributed by atoms with van der Waals surface area (Å²) in [7, 11) is 1.72. The lowest BCUT2D eigenvalue weighted by atomic mass is 10.1.